The summed E-state index contributed by atoms with van der Waals surface area (Å²) in [6.45, 7) is 0.0400. The second-order valence-corrected chi connectivity index (χ2v) is 5.98. The summed E-state index contributed by atoms with van der Waals surface area (Å²) < 4.78 is 50.5. The van der Waals surface area contributed by atoms with Gasteiger partial charge in [-0.1, -0.05) is 12.1 Å². The van der Waals surface area contributed by atoms with Gasteiger partial charge in [0.1, 0.15) is 10.7 Å². The smallest absolute Gasteiger partial charge is 0.264 e. The molecule has 0 saturated heterocycles. The number of sulfonamides is 1. The second kappa shape index (κ2) is 4.81. The number of ether oxygens (including phenoxy) is 2. The summed E-state index contributed by atoms with van der Waals surface area (Å²) in [7, 11) is -4.09. The summed E-state index contributed by atoms with van der Waals surface area (Å²) in [6.07, 6.45) is 0. The Balaban J connectivity index is 1.99. The van der Waals surface area contributed by atoms with Crippen molar-refractivity contribution in [3.05, 3.63) is 42.2 Å². The molecule has 1 aliphatic heterocycles. The van der Waals surface area contributed by atoms with Crippen LogP contribution >= 0.6 is 0 Å². The lowest BCUT2D eigenvalue weighted by atomic mass is 10.2. The van der Waals surface area contributed by atoms with E-state index in [4.69, 9.17) is 15.2 Å². The lowest BCUT2D eigenvalue weighted by Gasteiger charge is -2.11. The molecule has 0 bridgehead atoms. The summed E-state index contributed by atoms with van der Waals surface area (Å²) in [5, 5.41) is 0. The van der Waals surface area contributed by atoms with Gasteiger partial charge in [-0.2, -0.15) is 0 Å². The zero-order chi connectivity index (χ0) is 15.0. The van der Waals surface area contributed by atoms with Crippen LogP contribution in [0, 0.1) is 5.82 Å². The maximum Gasteiger partial charge on any atom is 0.264 e. The summed E-state index contributed by atoms with van der Waals surface area (Å²) in [4.78, 5) is -0.456. The molecule has 3 N–H and O–H groups in total. The SMILES string of the molecule is Nc1cc2c(cc1NS(=O)(=O)c1ccccc1F)OCO2. The zero-order valence-electron chi connectivity index (χ0n) is 10.7. The van der Waals surface area contributed by atoms with Crippen molar-refractivity contribution in [2.75, 3.05) is 17.2 Å². The second-order valence-electron chi connectivity index (χ2n) is 4.33. The van der Waals surface area contributed by atoms with Crippen molar-refractivity contribution in [3.63, 3.8) is 0 Å². The molecular formula is C13H11FN2O4S. The fourth-order valence-corrected chi connectivity index (χ4v) is 3.07. The van der Waals surface area contributed by atoms with Crippen LogP contribution in [0.25, 0.3) is 0 Å². The van der Waals surface area contributed by atoms with Crippen LogP contribution in [-0.2, 0) is 10.0 Å². The van der Waals surface area contributed by atoms with Gasteiger partial charge in [-0.3, -0.25) is 4.72 Å². The molecule has 0 atom stereocenters. The first kappa shape index (κ1) is 13.5. The van der Waals surface area contributed by atoms with Crippen LogP contribution < -0.4 is 19.9 Å². The number of nitrogen functional groups attached to an aromatic ring is 1. The lowest BCUT2D eigenvalue weighted by Crippen LogP contribution is -2.15. The van der Waals surface area contributed by atoms with Gasteiger partial charge >= 0.3 is 0 Å². The zero-order valence-corrected chi connectivity index (χ0v) is 11.5. The summed E-state index contributed by atoms with van der Waals surface area (Å²) in [5.74, 6) is -0.0407. The molecule has 0 amide bonds. The highest BCUT2D eigenvalue weighted by Crippen LogP contribution is 2.39. The molecule has 0 aromatic heterocycles. The van der Waals surface area contributed by atoms with E-state index < -0.39 is 20.7 Å². The van der Waals surface area contributed by atoms with Crippen LogP contribution in [0.15, 0.2) is 41.3 Å². The van der Waals surface area contributed by atoms with Gasteiger partial charge in [-0.25, -0.2) is 12.8 Å². The highest BCUT2D eigenvalue weighted by Gasteiger charge is 2.22. The van der Waals surface area contributed by atoms with Gasteiger partial charge in [0, 0.05) is 12.1 Å². The van der Waals surface area contributed by atoms with Crippen molar-refractivity contribution in [1.29, 1.82) is 0 Å². The normalized spacial score (nSPS) is 13.2. The van der Waals surface area contributed by atoms with Gasteiger partial charge in [0.05, 0.1) is 11.4 Å². The van der Waals surface area contributed by atoms with E-state index in [0.29, 0.717) is 11.5 Å². The number of rotatable bonds is 3. The number of hydrogen-bond donors (Lipinski definition) is 2. The molecular weight excluding hydrogens is 299 g/mol. The summed E-state index contributed by atoms with van der Waals surface area (Å²) >= 11 is 0. The number of nitrogens with two attached hydrogens (primary N) is 1. The number of anilines is 2. The van der Waals surface area contributed by atoms with Crippen molar-refractivity contribution >= 4 is 21.4 Å². The fraction of sp³-hybridized carbons (Fsp3) is 0.0769. The van der Waals surface area contributed by atoms with Crippen LogP contribution in [0.4, 0.5) is 15.8 Å². The number of fused-ring (bicyclic) bond motifs is 1. The Morgan fingerprint density at radius 3 is 2.52 bits per heavy atom. The average Bonchev–Trinajstić information content (AvgIpc) is 2.86. The van der Waals surface area contributed by atoms with Crippen molar-refractivity contribution in [2.45, 2.75) is 4.90 Å². The Morgan fingerprint density at radius 2 is 1.81 bits per heavy atom. The Kier molecular flexibility index (Phi) is 3.09. The number of nitrogens with one attached hydrogen (secondary N) is 1. The van der Waals surface area contributed by atoms with E-state index in [1.54, 1.807) is 0 Å². The van der Waals surface area contributed by atoms with Crippen molar-refractivity contribution in [1.82, 2.24) is 0 Å². The van der Waals surface area contributed by atoms with Crippen LogP contribution in [0.5, 0.6) is 11.5 Å². The third kappa shape index (κ3) is 2.45. The maximum atomic E-state index is 13.6. The molecule has 1 aliphatic rings. The monoisotopic (exact) mass is 310 g/mol. The number of halogens is 1. The molecule has 0 saturated carbocycles. The van der Waals surface area contributed by atoms with E-state index in [9.17, 15) is 12.8 Å². The molecule has 8 heteroatoms. The van der Waals surface area contributed by atoms with E-state index in [0.717, 1.165) is 6.07 Å². The first-order valence-electron chi connectivity index (χ1n) is 5.94. The highest BCUT2D eigenvalue weighted by atomic mass is 32.2. The molecule has 0 spiro atoms. The van der Waals surface area contributed by atoms with Crippen molar-refractivity contribution < 1.29 is 22.3 Å². The first-order chi connectivity index (χ1) is 9.97. The van der Waals surface area contributed by atoms with E-state index >= 15 is 0 Å². The topological polar surface area (TPSA) is 90.7 Å². The number of hydrogen-bond acceptors (Lipinski definition) is 5. The van der Waals surface area contributed by atoms with Crippen LogP contribution in [-0.4, -0.2) is 15.2 Å². The fourth-order valence-electron chi connectivity index (χ4n) is 1.91. The molecule has 0 fully saturated rings. The standard InChI is InChI=1S/C13H11FN2O4S/c14-8-3-1-2-4-13(8)21(17,18)16-10-6-12-11(5-9(10)15)19-7-20-12/h1-6,16H,7,15H2. The Morgan fingerprint density at radius 1 is 1.14 bits per heavy atom. The quantitative estimate of drug-likeness (QED) is 0.845. The predicted octanol–water partition coefficient (Wildman–Crippen LogP) is 1.94. The molecule has 2 aromatic carbocycles. The minimum Gasteiger partial charge on any atom is -0.454 e. The van der Waals surface area contributed by atoms with E-state index in [2.05, 4.69) is 4.72 Å². The largest absolute Gasteiger partial charge is 0.454 e. The molecule has 0 aliphatic carbocycles. The molecule has 110 valence electrons. The molecule has 0 radical (unpaired) electrons. The van der Waals surface area contributed by atoms with Gasteiger partial charge < -0.3 is 15.2 Å². The van der Waals surface area contributed by atoms with Gasteiger partial charge in [-0.15, -0.1) is 0 Å². The van der Waals surface area contributed by atoms with Gasteiger partial charge in [0.25, 0.3) is 10.0 Å². The molecule has 6 nitrogen and oxygen atoms in total. The Bertz CT molecular complexity index is 808. The van der Waals surface area contributed by atoms with Crippen LogP contribution in [0.1, 0.15) is 0 Å². The third-order valence-electron chi connectivity index (χ3n) is 2.92. The summed E-state index contributed by atoms with van der Waals surface area (Å²) in [5.41, 5.74) is 6.01. The summed E-state index contributed by atoms with van der Waals surface area (Å²) in [6, 6.07) is 7.92. The van der Waals surface area contributed by atoms with E-state index in [1.807, 2.05) is 0 Å². The molecule has 21 heavy (non-hydrogen) atoms. The third-order valence-corrected chi connectivity index (χ3v) is 4.31. The molecule has 2 aromatic rings. The van der Waals surface area contributed by atoms with E-state index in [1.165, 1.54) is 30.3 Å². The van der Waals surface area contributed by atoms with Gasteiger partial charge in [-0.05, 0) is 12.1 Å². The molecule has 3 rings (SSSR count). The molecule has 1 heterocycles. The van der Waals surface area contributed by atoms with Crippen LogP contribution in [0.2, 0.25) is 0 Å². The average molecular weight is 310 g/mol. The van der Waals surface area contributed by atoms with E-state index in [-0.39, 0.29) is 18.2 Å². The Hall–Kier alpha value is -2.48. The minimum atomic E-state index is -4.09. The van der Waals surface area contributed by atoms with Crippen molar-refractivity contribution in [2.24, 2.45) is 0 Å². The lowest BCUT2D eigenvalue weighted by molar-refractivity contribution is 0.174. The molecule has 0 unspecified atom stereocenters. The minimum absolute atomic E-state index is 0.0400. The predicted molar refractivity (Wildman–Crippen MR) is 74.2 cm³/mol. The van der Waals surface area contributed by atoms with Crippen molar-refractivity contribution in [3.8, 4) is 11.5 Å². The highest BCUT2D eigenvalue weighted by molar-refractivity contribution is 7.92. The van der Waals surface area contributed by atoms with Gasteiger partial charge in [0.15, 0.2) is 11.5 Å². The maximum absolute atomic E-state index is 13.6. The van der Waals surface area contributed by atoms with Gasteiger partial charge in [0.2, 0.25) is 6.79 Å². The number of benzene rings is 2. The first-order valence-corrected chi connectivity index (χ1v) is 7.42. The van der Waals surface area contributed by atoms with Crippen LogP contribution in [0.3, 0.4) is 0 Å². The Labute approximate surface area is 120 Å².